The van der Waals surface area contributed by atoms with Crippen LogP contribution in [0.1, 0.15) is 23.0 Å². The molecule has 2 aliphatic rings. The monoisotopic (exact) mass is 457 g/mol. The van der Waals surface area contributed by atoms with Gasteiger partial charge in [-0.25, -0.2) is 4.90 Å². The van der Waals surface area contributed by atoms with E-state index in [1.165, 1.54) is 4.90 Å². The predicted octanol–water partition coefficient (Wildman–Crippen LogP) is 5.69. The van der Waals surface area contributed by atoms with Gasteiger partial charge in [0.15, 0.2) is 0 Å². The van der Waals surface area contributed by atoms with Gasteiger partial charge in [0.1, 0.15) is 0 Å². The van der Waals surface area contributed by atoms with Crippen molar-refractivity contribution in [3.05, 3.63) is 113 Å². The summed E-state index contributed by atoms with van der Waals surface area (Å²) in [7, 11) is 0. The Morgan fingerprint density at radius 2 is 1.13 bits per heavy atom. The van der Waals surface area contributed by atoms with Crippen LogP contribution in [0.5, 0.6) is 0 Å². The number of carbonyl (C=O) groups excluding carboxylic acids is 2. The highest BCUT2D eigenvalue weighted by molar-refractivity contribution is 9.10. The molecule has 0 bridgehead atoms. The highest BCUT2D eigenvalue weighted by Crippen LogP contribution is 2.50. The summed E-state index contributed by atoms with van der Waals surface area (Å²) in [6.45, 7) is 0. The molecule has 3 aromatic rings. The molecule has 0 saturated carbocycles. The maximum atomic E-state index is 13.7. The van der Waals surface area contributed by atoms with Crippen LogP contribution in [0.25, 0.3) is 0 Å². The largest absolute Gasteiger partial charge is 0.274 e. The fraction of sp³-hybridized carbons (Fsp3) is 0.154. The van der Waals surface area contributed by atoms with Crippen LogP contribution in [0.2, 0.25) is 0 Å². The van der Waals surface area contributed by atoms with Gasteiger partial charge in [-0.3, -0.25) is 9.59 Å². The molecule has 0 spiro atoms. The number of anilines is 1. The van der Waals surface area contributed by atoms with Gasteiger partial charge in [0.2, 0.25) is 11.8 Å². The van der Waals surface area contributed by atoms with Crippen LogP contribution in [-0.4, -0.2) is 11.8 Å². The number of rotatable bonds is 3. The Balaban J connectivity index is 1.64. The summed E-state index contributed by atoms with van der Waals surface area (Å²) >= 11 is 3.46. The van der Waals surface area contributed by atoms with Gasteiger partial charge in [0, 0.05) is 16.3 Å². The minimum absolute atomic E-state index is 0.121. The lowest BCUT2D eigenvalue weighted by molar-refractivity contribution is -0.122. The summed E-state index contributed by atoms with van der Waals surface area (Å²) in [4.78, 5) is 28.7. The van der Waals surface area contributed by atoms with Crippen molar-refractivity contribution in [2.24, 2.45) is 11.8 Å². The summed E-state index contributed by atoms with van der Waals surface area (Å²) in [5.41, 5.74) is 2.74. The van der Waals surface area contributed by atoms with Gasteiger partial charge in [0.05, 0.1) is 17.5 Å². The predicted molar refractivity (Wildman–Crippen MR) is 121 cm³/mol. The number of hydrogen-bond acceptors (Lipinski definition) is 2. The zero-order valence-electron chi connectivity index (χ0n) is 16.2. The second-order valence-corrected chi connectivity index (χ2v) is 8.72. The lowest BCUT2D eigenvalue weighted by atomic mass is 9.68. The highest BCUT2D eigenvalue weighted by Gasteiger charge is 2.55. The Morgan fingerprint density at radius 1 is 0.633 bits per heavy atom. The molecule has 1 aliphatic heterocycles. The van der Waals surface area contributed by atoms with Crippen molar-refractivity contribution in [3.63, 3.8) is 0 Å². The molecule has 30 heavy (non-hydrogen) atoms. The number of hydrogen-bond donors (Lipinski definition) is 0. The molecule has 0 aromatic heterocycles. The van der Waals surface area contributed by atoms with E-state index < -0.39 is 11.8 Å². The van der Waals surface area contributed by atoms with E-state index in [2.05, 4.69) is 28.1 Å². The minimum atomic E-state index is -0.422. The average Bonchev–Trinajstić information content (AvgIpc) is 3.05. The summed E-state index contributed by atoms with van der Waals surface area (Å²) < 4.78 is 0.841. The molecule has 148 valence electrons. The van der Waals surface area contributed by atoms with Gasteiger partial charge in [-0.2, -0.15) is 0 Å². The maximum Gasteiger partial charge on any atom is 0.238 e. The topological polar surface area (TPSA) is 37.4 Å². The minimum Gasteiger partial charge on any atom is -0.274 e. The van der Waals surface area contributed by atoms with Crippen LogP contribution < -0.4 is 4.90 Å². The summed E-state index contributed by atoms with van der Waals surface area (Å²) in [6, 6.07) is 27.4. The first-order valence-electron chi connectivity index (χ1n) is 10.1. The first-order valence-corrected chi connectivity index (χ1v) is 10.9. The molecule has 4 unspecified atom stereocenters. The molecule has 1 heterocycles. The third-order valence-corrected chi connectivity index (χ3v) is 6.63. The third kappa shape index (κ3) is 3.12. The van der Waals surface area contributed by atoms with Crippen molar-refractivity contribution < 1.29 is 9.59 Å². The standard InChI is InChI=1S/C26H20BrNO2/c27-19-12-7-13-20(16-19)28-25(29)23-21(17-8-3-1-4-9-17)14-15-22(24(23)26(28)30)18-10-5-2-6-11-18/h1-16,21-24H. The molecule has 3 nitrogen and oxygen atoms in total. The van der Waals surface area contributed by atoms with E-state index in [1.807, 2.05) is 84.9 Å². The van der Waals surface area contributed by atoms with Crippen molar-refractivity contribution in [2.75, 3.05) is 4.90 Å². The van der Waals surface area contributed by atoms with E-state index in [0.717, 1.165) is 15.6 Å². The Morgan fingerprint density at radius 3 is 1.60 bits per heavy atom. The van der Waals surface area contributed by atoms with E-state index >= 15 is 0 Å². The molecule has 2 amide bonds. The molecule has 1 aliphatic carbocycles. The lowest BCUT2D eigenvalue weighted by Gasteiger charge is -2.32. The molecule has 1 fully saturated rings. The van der Waals surface area contributed by atoms with Gasteiger partial charge in [-0.1, -0.05) is 94.8 Å². The first kappa shape index (κ1) is 19.0. The number of imide groups is 1. The van der Waals surface area contributed by atoms with Crippen LogP contribution >= 0.6 is 15.9 Å². The molecular weight excluding hydrogens is 438 g/mol. The van der Waals surface area contributed by atoms with Gasteiger partial charge in [0.25, 0.3) is 0 Å². The van der Waals surface area contributed by atoms with Gasteiger partial charge >= 0.3 is 0 Å². The van der Waals surface area contributed by atoms with Crippen LogP contribution in [0, 0.1) is 11.8 Å². The fourth-order valence-electron chi connectivity index (χ4n) is 4.80. The van der Waals surface area contributed by atoms with E-state index in [1.54, 1.807) is 0 Å². The number of nitrogens with zero attached hydrogens (tertiary/aromatic N) is 1. The van der Waals surface area contributed by atoms with Crippen molar-refractivity contribution in [1.29, 1.82) is 0 Å². The van der Waals surface area contributed by atoms with Crippen LogP contribution in [0.3, 0.4) is 0 Å². The summed E-state index contributed by atoms with van der Waals surface area (Å²) in [5, 5.41) is 0. The van der Waals surface area contributed by atoms with Crippen molar-refractivity contribution in [3.8, 4) is 0 Å². The number of halogens is 1. The Kier molecular flexibility index (Phi) is 4.87. The van der Waals surface area contributed by atoms with E-state index in [0.29, 0.717) is 5.69 Å². The Labute approximate surface area is 184 Å². The zero-order chi connectivity index (χ0) is 20.7. The van der Waals surface area contributed by atoms with Gasteiger partial charge < -0.3 is 0 Å². The number of benzene rings is 3. The molecule has 0 radical (unpaired) electrons. The van der Waals surface area contributed by atoms with Crippen LogP contribution in [0.15, 0.2) is 102 Å². The SMILES string of the molecule is O=C1C2C(c3ccccc3)C=CC(c3ccccc3)C2C(=O)N1c1cccc(Br)c1. The number of allylic oxidation sites excluding steroid dienone is 2. The summed E-state index contributed by atoms with van der Waals surface area (Å²) in [6.07, 6.45) is 4.23. The van der Waals surface area contributed by atoms with Gasteiger partial charge in [-0.15, -0.1) is 0 Å². The van der Waals surface area contributed by atoms with Gasteiger partial charge in [-0.05, 0) is 29.3 Å². The zero-order valence-corrected chi connectivity index (χ0v) is 17.8. The van der Waals surface area contributed by atoms with E-state index in [9.17, 15) is 9.59 Å². The molecule has 5 rings (SSSR count). The number of amides is 2. The quantitative estimate of drug-likeness (QED) is 0.374. The molecular formula is C26H20BrNO2. The lowest BCUT2D eigenvalue weighted by Crippen LogP contribution is -2.31. The normalized spacial score (nSPS) is 25.4. The smallest absolute Gasteiger partial charge is 0.238 e. The van der Waals surface area contributed by atoms with Crippen LogP contribution in [-0.2, 0) is 9.59 Å². The first-order chi connectivity index (χ1) is 14.6. The highest BCUT2D eigenvalue weighted by atomic mass is 79.9. The molecule has 4 heteroatoms. The second-order valence-electron chi connectivity index (χ2n) is 7.80. The fourth-order valence-corrected chi connectivity index (χ4v) is 5.19. The van der Waals surface area contributed by atoms with E-state index in [-0.39, 0.29) is 23.7 Å². The maximum absolute atomic E-state index is 13.7. The molecule has 4 atom stereocenters. The molecule has 1 saturated heterocycles. The van der Waals surface area contributed by atoms with Crippen molar-refractivity contribution in [1.82, 2.24) is 0 Å². The Hall–Kier alpha value is -2.98. The van der Waals surface area contributed by atoms with Crippen molar-refractivity contribution >= 4 is 33.4 Å². The second kappa shape index (κ2) is 7.69. The van der Waals surface area contributed by atoms with Crippen molar-refractivity contribution in [2.45, 2.75) is 11.8 Å². The number of carbonyl (C=O) groups is 2. The van der Waals surface area contributed by atoms with E-state index in [4.69, 9.17) is 0 Å². The summed E-state index contributed by atoms with van der Waals surface area (Å²) in [5.74, 6) is -1.33. The van der Waals surface area contributed by atoms with Crippen LogP contribution in [0.4, 0.5) is 5.69 Å². The molecule has 3 aromatic carbocycles. The molecule has 0 N–H and O–H groups in total. The Bertz CT molecular complexity index is 1060. The third-order valence-electron chi connectivity index (χ3n) is 6.13. The average molecular weight is 458 g/mol. The number of fused-ring (bicyclic) bond motifs is 1.